The fourth-order valence-electron chi connectivity index (χ4n) is 4.78. The highest BCUT2D eigenvalue weighted by Gasteiger charge is 2.38. The number of carbonyl (C=O) groups excluding carboxylic acids is 3. The Kier molecular flexibility index (Phi) is 10.9. The Morgan fingerprint density at radius 2 is 1.74 bits per heavy atom. The van der Waals surface area contributed by atoms with Crippen molar-refractivity contribution in [3.05, 3.63) is 71.3 Å². The van der Waals surface area contributed by atoms with Crippen LogP contribution in [0.2, 0.25) is 0 Å². The van der Waals surface area contributed by atoms with Crippen LogP contribution in [0, 0.1) is 5.92 Å². The number of ether oxygens (including phenoxy) is 1. The molecule has 38 heavy (non-hydrogen) atoms. The van der Waals surface area contributed by atoms with Crippen LogP contribution in [0.3, 0.4) is 0 Å². The van der Waals surface area contributed by atoms with Crippen molar-refractivity contribution in [2.24, 2.45) is 5.92 Å². The lowest BCUT2D eigenvalue weighted by atomic mass is 9.91. The molecule has 2 unspecified atom stereocenters. The van der Waals surface area contributed by atoms with Crippen LogP contribution < -0.4 is 10.6 Å². The molecule has 2 aromatic carbocycles. The summed E-state index contributed by atoms with van der Waals surface area (Å²) in [6.45, 7) is 8.67. The van der Waals surface area contributed by atoms with Crippen LogP contribution >= 0.6 is 0 Å². The zero-order chi connectivity index (χ0) is 27.5. The van der Waals surface area contributed by atoms with Crippen molar-refractivity contribution in [1.29, 1.82) is 0 Å². The van der Waals surface area contributed by atoms with Gasteiger partial charge in [-0.05, 0) is 49.4 Å². The topological polar surface area (TPSA) is 87.7 Å². The first-order valence-corrected chi connectivity index (χ1v) is 13.9. The number of carbonyl (C=O) groups is 3. The zero-order valence-corrected chi connectivity index (χ0v) is 23.1. The second-order valence-electron chi connectivity index (χ2n) is 9.60. The minimum Gasteiger partial charge on any atom is -0.463 e. The molecule has 0 aromatic heterocycles. The Hall–Kier alpha value is -3.61. The monoisotopic (exact) mass is 519 g/mol. The molecule has 3 rings (SSSR count). The quantitative estimate of drug-likeness (QED) is 0.289. The van der Waals surface area contributed by atoms with E-state index in [2.05, 4.69) is 24.5 Å². The number of hydrogen-bond donors (Lipinski definition) is 2. The first kappa shape index (κ1) is 29.0. The Bertz CT molecular complexity index is 1130. The highest BCUT2D eigenvalue weighted by molar-refractivity contribution is 6.04. The van der Waals surface area contributed by atoms with E-state index in [9.17, 15) is 14.4 Å². The van der Waals surface area contributed by atoms with Crippen LogP contribution in [0.4, 0.5) is 10.5 Å². The van der Waals surface area contributed by atoms with Crippen molar-refractivity contribution in [3.8, 4) is 0 Å². The Labute approximate surface area is 226 Å². The van der Waals surface area contributed by atoms with Crippen molar-refractivity contribution in [2.75, 3.05) is 18.5 Å². The molecule has 7 heteroatoms. The van der Waals surface area contributed by atoms with Gasteiger partial charge in [0.15, 0.2) is 0 Å². The van der Waals surface area contributed by atoms with Gasteiger partial charge in [0, 0.05) is 18.2 Å². The van der Waals surface area contributed by atoms with E-state index in [-0.39, 0.29) is 24.5 Å². The zero-order valence-electron chi connectivity index (χ0n) is 23.1. The first-order chi connectivity index (χ1) is 18.4. The standard InChI is InChI=1S/C31H41N3O4/c1-5-9-15-22(7-3)29(35)32-25-19-14-18-24(21-25)27-26(30(36)38-8-4)28(23-16-12-11-13-17-23)34(20-10-6-2)31(37)33-27/h11-14,16-19,21-22,27H,5-10,15,20H2,1-4H3,(H,32,35)(H,33,37). The molecule has 204 valence electrons. The number of unbranched alkanes of at least 4 members (excludes halogenated alkanes) is 2. The molecule has 0 spiro atoms. The molecular formula is C31H41N3O4. The molecule has 1 heterocycles. The average molecular weight is 520 g/mol. The van der Waals surface area contributed by atoms with Crippen LogP contribution in [-0.4, -0.2) is 36.0 Å². The van der Waals surface area contributed by atoms with E-state index in [0.717, 1.165) is 44.1 Å². The van der Waals surface area contributed by atoms with Crippen molar-refractivity contribution in [1.82, 2.24) is 10.2 Å². The third-order valence-corrected chi connectivity index (χ3v) is 6.86. The summed E-state index contributed by atoms with van der Waals surface area (Å²) in [5, 5.41) is 6.09. The van der Waals surface area contributed by atoms with E-state index in [1.807, 2.05) is 61.5 Å². The summed E-state index contributed by atoms with van der Waals surface area (Å²) in [4.78, 5) is 41.5. The van der Waals surface area contributed by atoms with Gasteiger partial charge >= 0.3 is 12.0 Å². The van der Waals surface area contributed by atoms with Gasteiger partial charge in [-0.15, -0.1) is 0 Å². The highest BCUT2D eigenvalue weighted by Crippen LogP contribution is 2.37. The summed E-state index contributed by atoms with van der Waals surface area (Å²) >= 11 is 0. The SMILES string of the molecule is CCCCC(CC)C(=O)Nc1cccc(C2NC(=O)N(CCCC)C(c3ccccc3)=C2C(=O)OCC)c1. The van der Waals surface area contributed by atoms with Gasteiger partial charge in [-0.1, -0.05) is 82.5 Å². The van der Waals surface area contributed by atoms with E-state index in [4.69, 9.17) is 4.74 Å². The number of amides is 3. The molecule has 2 N–H and O–H groups in total. The molecular weight excluding hydrogens is 478 g/mol. The van der Waals surface area contributed by atoms with Gasteiger partial charge in [0.1, 0.15) is 0 Å². The van der Waals surface area contributed by atoms with Crippen molar-refractivity contribution in [2.45, 2.75) is 72.3 Å². The van der Waals surface area contributed by atoms with Gasteiger partial charge in [0.2, 0.25) is 5.91 Å². The van der Waals surface area contributed by atoms with Crippen LogP contribution in [0.5, 0.6) is 0 Å². The second-order valence-corrected chi connectivity index (χ2v) is 9.60. The van der Waals surface area contributed by atoms with E-state index in [1.54, 1.807) is 11.8 Å². The van der Waals surface area contributed by atoms with Gasteiger partial charge in [-0.2, -0.15) is 0 Å². The third-order valence-electron chi connectivity index (χ3n) is 6.86. The Morgan fingerprint density at radius 1 is 1.00 bits per heavy atom. The number of esters is 1. The minimum atomic E-state index is -0.728. The lowest BCUT2D eigenvalue weighted by molar-refractivity contribution is -0.139. The summed E-state index contributed by atoms with van der Waals surface area (Å²) in [6.07, 6.45) is 5.37. The number of nitrogens with zero attached hydrogens (tertiary/aromatic N) is 1. The van der Waals surface area contributed by atoms with Crippen LogP contribution in [0.15, 0.2) is 60.2 Å². The molecule has 0 bridgehead atoms. The summed E-state index contributed by atoms with van der Waals surface area (Å²) in [5.74, 6) is -0.541. The predicted molar refractivity (Wildman–Crippen MR) is 151 cm³/mol. The van der Waals surface area contributed by atoms with Gasteiger partial charge in [-0.3, -0.25) is 9.69 Å². The molecule has 0 aliphatic carbocycles. The van der Waals surface area contributed by atoms with Crippen molar-refractivity contribution in [3.63, 3.8) is 0 Å². The summed E-state index contributed by atoms with van der Waals surface area (Å²) in [6, 6.07) is 15.9. The van der Waals surface area contributed by atoms with Crippen LogP contribution in [0.25, 0.3) is 5.70 Å². The van der Waals surface area contributed by atoms with Crippen molar-refractivity contribution < 1.29 is 19.1 Å². The van der Waals surface area contributed by atoms with E-state index in [0.29, 0.717) is 29.1 Å². The summed E-state index contributed by atoms with van der Waals surface area (Å²) < 4.78 is 5.51. The van der Waals surface area contributed by atoms with Gasteiger partial charge < -0.3 is 15.4 Å². The molecule has 3 amide bonds. The van der Waals surface area contributed by atoms with E-state index >= 15 is 0 Å². The molecule has 0 saturated heterocycles. The summed E-state index contributed by atoms with van der Waals surface area (Å²) in [7, 11) is 0. The maximum Gasteiger partial charge on any atom is 0.338 e. The van der Waals surface area contributed by atoms with Gasteiger partial charge in [0.25, 0.3) is 0 Å². The molecule has 2 atom stereocenters. The third kappa shape index (κ3) is 7.03. The molecule has 0 saturated carbocycles. The molecule has 0 fully saturated rings. The normalized spacial score (nSPS) is 16.2. The maximum atomic E-state index is 13.5. The van der Waals surface area contributed by atoms with Crippen LogP contribution in [-0.2, 0) is 14.3 Å². The number of nitrogens with one attached hydrogen (secondary N) is 2. The maximum absolute atomic E-state index is 13.5. The molecule has 2 aromatic rings. The minimum absolute atomic E-state index is 0.0114. The largest absolute Gasteiger partial charge is 0.463 e. The second kappa shape index (κ2) is 14.4. The molecule has 7 nitrogen and oxygen atoms in total. The number of rotatable bonds is 13. The van der Waals surface area contributed by atoms with E-state index < -0.39 is 12.0 Å². The average Bonchev–Trinajstić information content (AvgIpc) is 2.93. The number of urea groups is 1. The Morgan fingerprint density at radius 3 is 2.39 bits per heavy atom. The van der Waals surface area contributed by atoms with Gasteiger partial charge in [-0.25, -0.2) is 9.59 Å². The smallest absolute Gasteiger partial charge is 0.338 e. The number of benzene rings is 2. The number of hydrogen-bond acceptors (Lipinski definition) is 4. The predicted octanol–water partition coefficient (Wildman–Crippen LogP) is 6.68. The van der Waals surface area contributed by atoms with Gasteiger partial charge in [0.05, 0.1) is 23.9 Å². The fourth-order valence-corrected chi connectivity index (χ4v) is 4.78. The number of anilines is 1. The molecule has 0 radical (unpaired) electrons. The first-order valence-electron chi connectivity index (χ1n) is 13.9. The lowest BCUT2D eigenvalue weighted by Crippen LogP contribution is -2.48. The highest BCUT2D eigenvalue weighted by atomic mass is 16.5. The fraction of sp³-hybridized carbons (Fsp3) is 0.452. The molecule has 1 aliphatic heterocycles. The summed E-state index contributed by atoms with van der Waals surface area (Å²) in [5.41, 5.74) is 3.05. The van der Waals surface area contributed by atoms with Crippen molar-refractivity contribution >= 4 is 29.3 Å². The van der Waals surface area contributed by atoms with Crippen LogP contribution in [0.1, 0.15) is 83.4 Å². The Balaban J connectivity index is 2.07. The molecule has 1 aliphatic rings. The lowest BCUT2D eigenvalue weighted by Gasteiger charge is -2.37. The van der Waals surface area contributed by atoms with E-state index in [1.165, 1.54) is 0 Å².